The third-order valence-electron chi connectivity index (χ3n) is 6.41. The van der Waals surface area contributed by atoms with Crippen molar-refractivity contribution in [2.75, 3.05) is 31.4 Å². The number of nitrogens with one attached hydrogen (secondary N) is 1. The molecule has 0 radical (unpaired) electrons. The van der Waals surface area contributed by atoms with Crippen LogP contribution in [-0.4, -0.2) is 58.3 Å². The summed E-state index contributed by atoms with van der Waals surface area (Å²) in [7, 11) is 5.11. The van der Waals surface area contributed by atoms with Crippen LogP contribution in [0.4, 0.5) is 11.6 Å². The topological polar surface area (TPSA) is 114 Å². The molecule has 10 nitrogen and oxygen atoms in total. The van der Waals surface area contributed by atoms with Gasteiger partial charge in [0.1, 0.15) is 0 Å². The minimum atomic E-state index is -0.334. The van der Waals surface area contributed by atoms with Gasteiger partial charge in [-0.15, -0.1) is 11.3 Å². The first kappa shape index (κ1) is 26.8. The van der Waals surface area contributed by atoms with Gasteiger partial charge in [0.05, 0.1) is 27.0 Å². The minimum absolute atomic E-state index is 0.0470. The highest BCUT2D eigenvalue weighted by atomic mass is 32.1. The number of hydrogen-bond acceptors (Lipinski definition) is 7. The van der Waals surface area contributed by atoms with Crippen molar-refractivity contribution in [3.63, 3.8) is 0 Å². The van der Waals surface area contributed by atoms with E-state index in [1.54, 1.807) is 63.4 Å². The Labute approximate surface area is 234 Å². The SMILES string of the molecule is Cc1ncc(-c2ccc(C(=O)Nc3nc4cc(N(C)C(=O)c5ccccc5)ccc4n3CCC(=O)N(C)C)s2)o1. The second-order valence-electron chi connectivity index (χ2n) is 9.39. The number of benzene rings is 2. The zero-order valence-electron chi connectivity index (χ0n) is 22.5. The summed E-state index contributed by atoms with van der Waals surface area (Å²) in [4.78, 5) is 51.7. The maximum atomic E-state index is 13.2. The molecule has 0 unspecified atom stereocenters. The molecule has 0 aliphatic heterocycles. The molecular formula is C29H28N6O4S. The molecule has 5 aromatic rings. The fourth-order valence-corrected chi connectivity index (χ4v) is 5.05. The molecule has 0 aliphatic rings. The highest BCUT2D eigenvalue weighted by Crippen LogP contribution is 2.30. The molecule has 0 aliphatic carbocycles. The van der Waals surface area contributed by atoms with Gasteiger partial charge in [0.25, 0.3) is 11.8 Å². The maximum absolute atomic E-state index is 13.2. The van der Waals surface area contributed by atoms with Crippen LogP contribution in [0.15, 0.2) is 71.3 Å². The Bertz CT molecular complexity index is 1700. The standard InChI is InChI=1S/C29H28N6O4S/c1-18-30-17-23(39-18)24-12-13-25(40-24)27(37)32-29-31-21-16-20(34(4)28(38)19-8-6-5-7-9-19)10-11-22(21)35(29)15-14-26(36)33(2)3/h5-13,16-17H,14-15H2,1-4H3,(H,31,32,37). The van der Waals surface area contributed by atoms with Crippen molar-refractivity contribution in [3.05, 3.63) is 83.2 Å². The van der Waals surface area contributed by atoms with E-state index in [9.17, 15) is 14.4 Å². The summed E-state index contributed by atoms with van der Waals surface area (Å²) in [5.41, 5.74) is 2.54. The Morgan fingerprint density at radius 2 is 1.80 bits per heavy atom. The van der Waals surface area contributed by atoms with Gasteiger partial charge in [-0.1, -0.05) is 18.2 Å². The van der Waals surface area contributed by atoms with Gasteiger partial charge in [0.2, 0.25) is 11.9 Å². The van der Waals surface area contributed by atoms with Gasteiger partial charge >= 0.3 is 0 Å². The molecule has 204 valence electrons. The van der Waals surface area contributed by atoms with Gasteiger partial charge in [-0.05, 0) is 42.5 Å². The van der Waals surface area contributed by atoms with Crippen LogP contribution in [0.1, 0.15) is 32.3 Å². The normalized spacial score (nSPS) is 11.0. The van der Waals surface area contributed by atoms with Crippen LogP contribution in [-0.2, 0) is 11.3 Å². The third-order valence-corrected chi connectivity index (χ3v) is 7.51. The lowest BCUT2D eigenvalue weighted by Crippen LogP contribution is -2.26. The average Bonchev–Trinajstić information content (AvgIpc) is 3.69. The molecule has 3 aromatic heterocycles. The van der Waals surface area contributed by atoms with Crippen molar-refractivity contribution >= 4 is 51.7 Å². The van der Waals surface area contributed by atoms with Crippen LogP contribution >= 0.6 is 11.3 Å². The Kier molecular flexibility index (Phi) is 7.47. The van der Waals surface area contributed by atoms with Crippen molar-refractivity contribution in [1.82, 2.24) is 19.4 Å². The summed E-state index contributed by atoms with van der Waals surface area (Å²) in [5, 5.41) is 2.91. The predicted octanol–water partition coefficient (Wildman–Crippen LogP) is 5.07. The number of amides is 3. The van der Waals surface area contributed by atoms with Crippen molar-refractivity contribution in [2.24, 2.45) is 0 Å². The van der Waals surface area contributed by atoms with Crippen LogP contribution in [0.2, 0.25) is 0 Å². The fourth-order valence-electron chi connectivity index (χ4n) is 4.20. The monoisotopic (exact) mass is 556 g/mol. The Hall–Kier alpha value is -4.77. The molecule has 0 bridgehead atoms. The van der Waals surface area contributed by atoms with Gasteiger partial charge in [0, 0.05) is 52.3 Å². The molecular weight excluding hydrogens is 528 g/mol. The molecule has 0 spiro atoms. The lowest BCUT2D eigenvalue weighted by molar-refractivity contribution is -0.128. The van der Waals surface area contributed by atoms with E-state index in [2.05, 4.69) is 15.3 Å². The highest BCUT2D eigenvalue weighted by molar-refractivity contribution is 7.17. The molecule has 11 heteroatoms. The van der Waals surface area contributed by atoms with Gasteiger partial charge in [-0.3, -0.25) is 19.7 Å². The van der Waals surface area contributed by atoms with Gasteiger partial charge < -0.3 is 18.8 Å². The Morgan fingerprint density at radius 1 is 1.02 bits per heavy atom. The van der Waals surface area contributed by atoms with E-state index in [4.69, 9.17) is 4.42 Å². The number of carbonyl (C=O) groups is 3. The number of thiophene rings is 1. The molecule has 3 heterocycles. The molecule has 0 saturated carbocycles. The summed E-state index contributed by atoms with van der Waals surface area (Å²) < 4.78 is 7.39. The highest BCUT2D eigenvalue weighted by Gasteiger charge is 2.20. The van der Waals surface area contributed by atoms with Gasteiger partial charge in [-0.2, -0.15) is 0 Å². The Morgan fingerprint density at radius 3 is 2.50 bits per heavy atom. The van der Waals surface area contributed by atoms with E-state index in [0.29, 0.717) is 45.8 Å². The quantitative estimate of drug-likeness (QED) is 0.286. The second-order valence-corrected chi connectivity index (χ2v) is 10.5. The van der Waals surface area contributed by atoms with Gasteiger partial charge in [-0.25, -0.2) is 9.97 Å². The number of imidazole rings is 1. The second kappa shape index (κ2) is 11.1. The molecule has 1 N–H and O–H groups in total. The van der Waals surface area contributed by atoms with Crippen LogP contribution < -0.4 is 10.2 Å². The van der Waals surface area contributed by atoms with Crippen LogP contribution in [0.3, 0.4) is 0 Å². The minimum Gasteiger partial charge on any atom is -0.440 e. The molecule has 3 amide bonds. The van der Waals surface area contributed by atoms with Gasteiger partial charge in [0.15, 0.2) is 11.7 Å². The van der Waals surface area contributed by atoms with E-state index in [-0.39, 0.29) is 24.1 Å². The Balaban J connectivity index is 1.45. The molecule has 0 fully saturated rings. The van der Waals surface area contributed by atoms with E-state index in [1.807, 2.05) is 41.0 Å². The summed E-state index contributed by atoms with van der Waals surface area (Å²) in [6.45, 7) is 2.07. The number of nitrogens with zero attached hydrogens (tertiary/aromatic N) is 5. The lowest BCUT2D eigenvalue weighted by Gasteiger charge is -2.17. The largest absolute Gasteiger partial charge is 0.440 e. The number of carbonyl (C=O) groups excluding carboxylic acids is 3. The zero-order chi connectivity index (χ0) is 28.4. The van der Waals surface area contributed by atoms with E-state index < -0.39 is 0 Å². The van der Waals surface area contributed by atoms with Crippen molar-refractivity contribution < 1.29 is 18.8 Å². The first-order valence-corrected chi connectivity index (χ1v) is 13.4. The molecule has 0 saturated heterocycles. The first-order valence-electron chi connectivity index (χ1n) is 12.6. The number of oxazole rings is 1. The maximum Gasteiger partial charge on any atom is 0.268 e. The number of aryl methyl sites for hydroxylation is 2. The zero-order valence-corrected chi connectivity index (χ0v) is 23.4. The molecule has 5 rings (SSSR count). The van der Waals surface area contributed by atoms with E-state index >= 15 is 0 Å². The molecule has 40 heavy (non-hydrogen) atoms. The fraction of sp³-hybridized carbons (Fsp3) is 0.207. The summed E-state index contributed by atoms with van der Waals surface area (Å²) in [5.74, 6) is 0.920. The number of fused-ring (bicyclic) bond motifs is 1. The number of anilines is 2. The molecule has 0 atom stereocenters. The number of rotatable bonds is 8. The predicted molar refractivity (Wildman–Crippen MR) is 155 cm³/mol. The van der Waals surface area contributed by atoms with E-state index in [1.165, 1.54) is 16.2 Å². The summed E-state index contributed by atoms with van der Waals surface area (Å²) >= 11 is 1.28. The summed E-state index contributed by atoms with van der Waals surface area (Å²) in [6.07, 6.45) is 1.85. The van der Waals surface area contributed by atoms with E-state index in [0.717, 1.165) is 10.4 Å². The summed E-state index contributed by atoms with van der Waals surface area (Å²) in [6, 6.07) is 18.0. The van der Waals surface area contributed by atoms with Crippen molar-refractivity contribution in [3.8, 4) is 10.6 Å². The van der Waals surface area contributed by atoms with Crippen molar-refractivity contribution in [2.45, 2.75) is 19.9 Å². The lowest BCUT2D eigenvalue weighted by atomic mass is 10.2. The third kappa shape index (κ3) is 5.50. The number of aromatic nitrogens is 3. The average molecular weight is 557 g/mol. The van der Waals surface area contributed by atoms with Crippen LogP contribution in [0, 0.1) is 6.92 Å². The molecule has 2 aromatic carbocycles. The van der Waals surface area contributed by atoms with Crippen molar-refractivity contribution in [1.29, 1.82) is 0 Å². The number of hydrogen-bond donors (Lipinski definition) is 1. The first-order chi connectivity index (χ1) is 19.2. The van der Waals surface area contributed by atoms with Crippen LogP contribution in [0.25, 0.3) is 21.7 Å². The van der Waals surface area contributed by atoms with Crippen LogP contribution in [0.5, 0.6) is 0 Å². The smallest absolute Gasteiger partial charge is 0.268 e.